The fraction of sp³-hybridized carbons (Fsp3) is 0.739. The second kappa shape index (κ2) is 71.5. The highest BCUT2D eigenvalue weighted by molar-refractivity contribution is 9.50. The molecule has 43 unspecified atom stereocenters. The Hall–Kier alpha value is 29.7. The van der Waals surface area contributed by atoms with Crippen LogP contribution in [-0.2, 0) is 23.8 Å². The van der Waals surface area contributed by atoms with Gasteiger partial charge in [-0.3, -0.25) is 0 Å². The summed E-state index contributed by atoms with van der Waals surface area (Å²) in [5, 5.41) is 11.0. The highest BCUT2D eigenvalue weighted by Crippen LogP contribution is 3.44. The number of hydrogen-bond acceptors (Lipinski definition) is 6. The van der Waals surface area contributed by atoms with E-state index in [1.165, 1.54) is 12.0 Å². The Bertz CT molecular complexity index is 3400. The fourth-order valence-corrected chi connectivity index (χ4v) is 1050. The Kier molecular flexibility index (Phi) is 83.6. The normalized spacial score (nSPS) is 29.8. The Balaban J connectivity index is 0.000000363. The van der Waals surface area contributed by atoms with Crippen LogP contribution >= 0.6 is 601 Å². The molecule has 754 valence electrons. The summed E-state index contributed by atoms with van der Waals surface area (Å²) in [7, 11) is 132. The fourth-order valence-electron chi connectivity index (χ4n) is 18.8. The molecule has 6 nitrogen and oxygen atoms in total. The number of halogens is 2. The predicted molar refractivity (Wildman–Crippen MR) is 837 cm³/mol. The number of aliphatic hydroxyl groups excluding tert-OH is 1. The molecule has 1 aliphatic heterocycles. The van der Waals surface area contributed by atoms with Crippen LogP contribution in [0.5, 0.6) is 0 Å². The van der Waals surface area contributed by atoms with Gasteiger partial charge in [0.1, 0.15) is 23.4 Å². The number of alkyl halides is 2. The van der Waals surface area contributed by atoms with E-state index in [9.17, 15) is 23.5 Å². The Morgan fingerprint density at radius 3 is 1.01 bits per heavy atom. The second-order valence-electron chi connectivity index (χ2n) is 30.8. The summed E-state index contributed by atoms with van der Waals surface area (Å²) < 4.78 is 44.2. The number of ether oxygens (including phenoxy) is 3. The van der Waals surface area contributed by atoms with Crippen molar-refractivity contribution in [3.05, 3.63) is 61.3 Å². The van der Waals surface area contributed by atoms with E-state index in [4.69, 9.17) is 14.2 Å². The molecular formula is C46H145F2O6P75. The second-order valence-corrected chi connectivity index (χ2v) is 334. The number of esters is 2. The van der Waals surface area contributed by atoms with E-state index < -0.39 is 54.1 Å². The summed E-state index contributed by atoms with van der Waals surface area (Å²) in [6.45, 7) is 29.4. The van der Waals surface area contributed by atoms with Crippen molar-refractivity contribution in [1.29, 1.82) is 0 Å². The number of carbonyl (C=O) groups excluding carboxylic acids is 2. The molecule has 7 aliphatic rings. The topological polar surface area (TPSA) is 85.4 Å². The van der Waals surface area contributed by atoms with Crippen molar-refractivity contribution in [2.45, 2.75) is 136 Å². The summed E-state index contributed by atoms with van der Waals surface area (Å²) >= 11 is 0. The molecule has 0 aromatic carbocycles. The minimum atomic E-state index is -1.14. The van der Waals surface area contributed by atoms with Crippen LogP contribution in [0.4, 0.5) is 8.78 Å². The highest BCUT2D eigenvalue weighted by atomic mass is 33.6. The quantitative estimate of drug-likeness (QED) is 0.0215. The predicted octanol–water partition coefficient (Wildman–Crippen LogP) is 53.1. The van der Waals surface area contributed by atoms with Crippen molar-refractivity contribution >= 4 is 613 Å². The standard InChI is InChI=1S/C23H33FO4.C23H33FO2.H40P38.H39P37/c1-7-13(2)16-10-18(27-19(26)12-24)20(5)14(3)8-9-22(15(16)4)11-17(25)21(6)23(20,22)28-21;1-7-14(2)18-12-19(26-20(25)13-24)22(6)16(4)9-11-23(17(18)5)10-8-15(3)21(22)23;1-21(2)31(22(3)4)36(32(23(5)6)24(7)8)38(35(29(17)18)30(19)20)37(33(25(9)10)26(11)12)34(27(13)14)28(15)16;1-20-30(21(2)3)35(31(22(4)5)23(6)7)37(34(28(16)17)29(18)19)36(32(24(8)9)25(10)11)33(26(12)13)27(14)15/h7,14-18,25H,1-2,8-12H2,3-6H3;7-8,16-19,21H,1-2,9-13H2,3-6H3;1-20H2;20H,1-19H2/t14-,15+,16+,17+,18-,20+,21+,22+,23+;16-,17+,18+,19-,21+,22+,23-;;/m11../s1. The lowest BCUT2D eigenvalue weighted by molar-refractivity contribution is -0.180. The van der Waals surface area contributed by atoms with Crippen LogP contribution in [0.2, 0.25) is 0 Å². The van der Waals surface area contributed by atoms with Gasteiger partial charge in [0.05, 0.1) is 6.10 Å². The van der Waals surface area contributed by atoms with E-state index in [1.54, 1.807) is 6.08 Å². The molecule has 0 radical (unpaired) electrons. The molecule has 0 aromatic rings. The maximum atomic E-state index is 13.1. The molecule has 5 saturated carbocycles. The largest absolute Gasteiger partial charge is 0.460 e. The number of aliphatic hydroxyl groups is 1. The number of allylic oxidation sites excluding steroid dienone is 6. The molecule has 4 bridgehead atoms. The first-order chi connectivity index (χ1) is 59.3. The van der Waals surface area contributed by atoms with Crippen molar-refractivity contribution in [3.63, 3.8) is 0 Å². The van der Waals surface area contributed by atoms with Gasteiger partial charge in [-0.2, -0.15) is 0 Å². The lowest BCUT2D eigenvalue weighted by Crippen LogP contribution is -2.62. The van der Waals surface area contributed by atoms with Crippen molar-refractivity contribution in [2.75, 3.05) is 13.3 Å². The maximum absolute atomic E-state index is 13.1. The number of carbonyl (C=O) groups is 2. The monoisotopic (exact) mass is 3160 g/mol. The highest BCUT2D eigenvalue weighted by Gasteiger charge is 2.93. The average molecular weight is 3160 g/mol. The van der Waals surface area contributed by atoms with Crippen molar-refractivity contribution < 1.29 is 37.7 Å². The van der Waals surface area contributed by atoms with Gasteiger partial charge < -0.3 is 19.3 Å². The molecule has 129 heavy (non-hydrogen) atoms. The Labute approximate surface area is 912 Å². The van der Waals surface area contributed by atoms with E-state index in [0.29, 0.717) is 37.0 Å². The van der Waals surface area contributed by atoms with Gasteiger partial charge in [-0.1, -0.05) is 111 Å². The summed E-state index contributed by atoms with van der Waals surface area (Å²) in [4.78, 5) is 24.0. The van der Waals surface area contributed by atoms with Crippen LogP contribution in [-0.4, -0.2) is 59.9 Å². The zero-order valence-corrected chi connectivity index (χ0v) is 150. The molecule has 6 aliphatic carbocycles. The number of hydrogen-bond donors (Lipinski definition) is 1. The van der Waals surface area contributed by atoms with E-state index in [0.717, 1.165) is 44.8 Å². The molecule has 0 amide bonds. The molecule has 59 atom stereocenters. The van der Waals surface area contributed by atoms with Gasteiger partial charge >= 0.3 is 11.9 Å². The molecule has 0 aromatic heterocycles. The minimum absolute atomic E-state index is 0.00189. The first-order valence-electron chi connectivity index (χ1n) is 37.4. The number of rotatable bonds is 42. The third-order valence-electron chi connectivity index (χ3n) is 24.1. The van der Waals surface area contributed by atoms with Gasteiger partial charge in [0.2, 0.25) is 0 Å². The molecular weight excluding hydrogens is 3010 g/mol. The van der Waals surface area contributed by atoms with Crippen molar-refractivity contribution in [1.82, 2.24) is 0 Å². The van der Waals surface area contributed by atoms with Crippen LogP contribution in [0, 0.1) is 63.1 Å². The van der Waals surface area contributed by atoms with Gasteiger partial charge in [-0.15, -0.1) is 348 Å². The zero-order valence-electron chi connectivity index (χ0n) is 72.8. The summed E-state index contributed by atoms with van der Waals surface area (Å²) in [6.07, 6.45) is 11.9. The summed E-state index contributed by atoms with van der Waals surface area (Å²) in [5.41, 5.74) is 1.37. The smallest absolute Gasteiger partial charge is 0.337 e. The van der Waals surface area contributed by atoms with Gasteiger partial charge in [0.15, 0.2) is 13.3 Å². The third-order valence-corrected chi connectivity index (χ3v) is 528. The molecule has 83 heteroatoms. The van der Waals surface area contributed by atoms with Crippen LogP contribution in [0.15, 0.2) is 61.3 Å². The number of epoxide rings is 1. The molecule has 1 spiro atoms. The van der Waals surface area contributed by atoms with Crippen molar-refractivity contribution in [3.8, 4) is 0 Å². The minimum Gasteiger partial charge on any atom is -0.460 e. The Morgan fingerprint density at radius 1 is 0.442 bits per heavy atom. The lowest BCUT2D eigenvalue weighted by atomic mass is 9.47. The van der Waals surface area contributed by atoms with E-state index in [-0.39, 0.29) is 291 Å². The summed E-state index contributed by atoms with van der Waals surface area (Å²) in [6, 6.07) is 0. The molecule has 7 rings (SSSR count). The van der Waals surface area contributed by atoms with E-state index in [2.05, 4.69) is 429 Å². The Morgan fingerprint density at radius 2 is 0.721 bits per heavy atom. The molecule has 1 saturated heterocycles. The van der Waals surface area contributed by atoms with Crippen LogP contribution in [0.3, 0.4) is 0 Å². The molecule has 1 heterocycles. The molecule has 6 fully saturated rings. The van der Waals surface area contributed by atoms with Gasteiger partial charge in [-0.05, 0) is 357 Å². The van der Waals surface area contributed by atoms with Gasteiger partial charge in [0.25, 0.3) is 0 Å². The van der Waals surface area contributed by atoms with Gasteiger partial charge in [-0.25, -0.2) is 18.4 Å². The third kappa shape index (κ3) is 38.3. The summed E-state index contributed by atoms with van der Waals surface area (Å²) in [5.74, 6) is 0.285. The van der Waals surface area contributed by atoms with Crippen LogP contribution in [0.1, 0.15) is 107 Å². The average Bonchev–Trinajstić information content (AvgIpc) is 1.43. The van der Waals surface area contributed by atoms with Crippen molar-refractivity contribution in [2.24, 2.45) is 63.1 Å². The lowest BCUT2D eigenvalue weighted by Gasteiger charge is -2.57. The first-order valence-corrected chi connectivity index (χ1v) is 173. The van der Waals surface area contributed by atoms with Crippen LogP contribution < -0.4 is 0 Å². The van der Waals surface area contributed by atoms with E-state index in [1.807, 2.05) is 13.0 Å². The SMILES string of the molecule is C=CC(=C)[C@@H]1C[C@@H](OC(=O)CF)[C@]2(C)[C@H](C)CC[C@]3(CC=C(C)[C@H]32)[C@H]1C.C=CC(=C)[C@@H]1C[C@@H](OC(=O)CF)[C@]2(C)[C@H](C)CC[C@]3(C[C@H](O)[C@]4(C)O[C@@]324)[C@H]1C.PP(P)P(P(P)P)P(P(P(P)P)P(P)P)P(P(P(P)P)P(P)P)P(P(P(P)P)P(P)P)P(P(P)P)P(P)P.PPP(P(P)P)P(P(P(P)P)P(P)P)P(P(P(P)P)P(P)P)P(P(P(P)P)P(P)P)P(P(P)P)P(P)P. The van der Waals surface area contributed by atoms with Gasteiger partial charge in [0, 0.05) is 16.2 Å². The zero-order chi connectivity index (χ0) is 99.9. The van der Waals surface area contributed by atoms with E-state index >= 15 is 0 Å². The maximum Gasteiger partial charge on any atom is 0.337 e. The molecule has 1 N–H and O–H groups in total. The first kappa shape index (κ1) is 151. The van der Waals surface area contributed by atoms with Crippen LogP contribution in [0.25, 0.3) is 0 Å².